The summed E-state index contributed by atoms with van der Waals surface area (Å²) in [6.45, 7) is 4.26. The van der Waals surface area contributed by atoms with E-state index in [1.54, 1.807) is 0 Å². The van der Waals surface area contributed by atoms with Crippen molar-refractivity contribution in [1.82, 2.24) is 4.40 Å². The number of hydrogen-bond acceptors (Lipinski definition) is 2. The molecular formula is C18H17NO2. The fraction of sp³-hybridized carbons (Fsp3) is 0.167. The van der Waals surface area contributed by atoms with Crippen molar-refractivity contribution >= 4 is 11.5 Å². The van der Waals surface area contributed by atoms with Gasteiger partial charge in [-0.15, -0.1) is 0 Å². The second-order valence-electron chi connectivity index (χ2n) is 4.99. The number of pyridine rings is 1. The number of hydrogen-bond donors (Lipinski definition) is 0. The van der Waals surface area contributed by atoms with Crippen molar-refractivity contribution in [2.24, 2.45) is 0 Å². The van der Waals surface area contributed by atoms with Crippen LogP contribution < -0.4 is 0 Å². The molecular weight excluding hydrogens is 262 g/mol. The lowest BCUT2D eigenvalue weighted by atomic mass is 10.1. The molecule has 0 saturated carbocycles. The molecule has 0 fully saturated rings. The Balaban J connectivity index is 2.22. The van der Waals surface area contributed by atoms with E-state index in [0.29, 0.717) is 12.2 Å². The van der Waals surface area contributed by atoms with Crippen LogP contribution in [-0.4, -0.2) is 17.0 Å². The molecule has 0 bridgehead atoms. The molecule has 0 radical (unpaired) electrons. The number of benzene rings is 1. The van der Waals surface area contributed by atoms with Gasteiger partial charge in [0.1, 0.15) is 0 Å². The number of aromatic nitrogens is 1. The van der Waals surface area contributed by atoms with Crippen molar-refractivity contribution in [2.45, 2.75) is 13.8 Å². The molecule has 1 aromatic carbocycles. The monoisotopic (exact) mass is 279 g/mol. The zero-order valence-corrected chi connectivity index (χ0v) is 12.2. The Labute approximate surface area is 123 Å². The van der Waals surface area contributed by atoms with Gasteiger partial charge in [0.2, 0.25) is 0 Å². The number of ether oxygens (including phenoxy) is 1. The summed E-state index contributed by atoms with van der Waals surface area (Å²) in [7, 11) is 0. The fourth-order valence-electron chi connectivity index (χ4n) is 2.55. The average Bonchev–Trinajstić information content (AvgIpc) is 2.87. The molecule has 106 valence electrons. The number of carbonyl (C=O) groups excluding carboxylic acids is 1. The Bertz CT molecular complexity index is 802. The third-order valence-electron chi connectivity index (χ3n) is 3.49. The van der Waals surface area contributed by atoms with E-state index in [0.717, 1.165) is 16.8 Å². The standard InChI is InChI=1S/C18H17NO2/c1-3-21-18(20)15-12-17(14-8-6-7-13(2)11-14)19-10-5-4-9-16(15)19/h4-12H,3H2,1-2H3. The minimum atomic E-state index is -0.278. The third-order valence-corrected chi connectivity index (χ3v) is 3.49. The molecule has 0 spiro atoms. The predicted octanol–water partition coefficient (Wildman–Crippen LogP) is 4.09. The molecule has 0 atom stereocenters. The van der Waals surface area contributed by atoms with Gasteiger partial charge < -0.3 is 9.14 Å². The molecule has 3 heteroatoms. The molecule has 3 nitrogen and oxygen atoms in total. The molecule has 0 N–H and O–H groups in total. The molecule has 0 aliphatic carbocycles. The van der Waals surface area contributed by atoms with E-state index in [2.05, 4.69) is 25.1 Å². The van der Waals surface area contributed by atoms with Crippen LogP contribution in [0, 0.1) is 6.92 Å². The first-order chi connectivity index (χ1) is 10.2. The second kappa shape index (κ2) is 5.44. The van der Waals surface area contributed by atoms with Crippen LogP contribution in [0.4, 0.5) is 0 Å². The first-order valence-corrected chi connectivity index (χ1v) is 7.05. The highest BCUT2D eigenvalue weighted by atomic mass is 16.5. The van der Waals surface area contributed by atoms with Gasteiger partial charge in [-0.25, -0.2) is 4.79 Å². The summed E-state index contributed by atoms with van der Waals surface area (Å²) in [5.74, 6) is -0.278. The molecule has 2 heterocycles. The summed E-state index contributed by atoms with van der Waals surface area (Å²) in [4.78, 5) is 12.1. The Morgan fingerprint density at radius 1 is 1.14 bits per heavy atom. The Kier molecular flexibility index (Phi) is 3.48. The topological polar surface area (TPSA) is 30.7 Å². The third kappa shape index (κ3) is 2.42. The van der Waals surface area contributed by atoms with Crippen LogP contribution in [0.25, 0.3) is 16.8 Å². The molecule has 0 saturated heterocycles. The van der Waals surface area contributed by atoms with E-state index >= 15 is 0 Å². The van der Waals surface area contributed by atoms with E-state index < -0.39 is 0 Å². The number of carbonyl (C=O) groups is 1. The minimum absolute atomic E-state index is 0.278. The molecule has 21 heavy (non-hydrogen) atoms. The van der Waals surface area contributed by atoms with Crippen molar-refractivity contribution in [3.05, 3.63) is 65.9 Å². The number of fused-ring (bicyclic) bond motifs is 1. The van der Waals surface area contributed by atoms with Gasteiger partial charge in [-0.2, -0.15) is 0 Å². The maximum absolute atomic E-state index is 12.1. The second-order valence-corrected chi connectivity index (χ2v) is 4.99. The highest BCUT2D eigenvalue weighted by Gasteiger charge is 2.16. The first-order valence-electron chi connectivity index (χ1n) is 7.05. The fourth-order valence-corrected chi connectivity index (χ4v) is 2.55. The summed E-state index contributed by atoms with van der Waals surface area (Å²) in [6, 6.07) is 16.0. The summed E-state index contributed by atoms with van der Waals surface area (Å²) in [5.41, 5.74) is 4.75. The molecule has 3 rings (SSSR count). The zero-order valence-electron chi connectivity index (χ0n) is 12.2. The average molecular weight is 279 g/mol. The van der Waals surface area contributed by atoms with E-state index in [4.69, 9.17) is 4.74 Å². The smallest absolute Gasteiger partial charge is 0.340 e. The van der Waals surface area contributed by atoms with Crippen LogP contribution in [0.2, 0.25) is 0 Å². The lowest BCUT2D eigenvalue weighted by Gasteiger charge is -2.03. The first kappa shape index (κ1) is 13.4. The SMILES string of the molecule is CCOC(=O)c1cc(-c2cccc(C)c2)n2ccccc12. The van der Waals surface area contributed by atoms with Crippen molar-refractivity contribution in [3.8, 4) is 11.3 Å². The van der Waals surface area contributed by atoms with Crippen LogP contribution in [0.1, 0.15) is 22.8 Å². The Hall–Kier alpha value is -2.55. The normalized spacial score (nSPS) is 10.8. The highest BCUT2D eigenvalue weighted by molar-refractivity contribution is 5.99. The van der Waals surface area contributed by atoms with E-state index in [9.17, 15) is 4.79 Å². The van der Waals surface area contributed by atoms with E-state index in [1.807, 2.05) is 47.9 Å². The van der Waals surface area contributed by atoms with Crippen molar-refractivity contribution in [3.63, 3.8) is 0 Å². The van der Waals surface area contributed by atoms with Gasteiger partial charge in [-0.1, -0.05) is 29.8 Å². The van der Waals surface area contributed by atoms with Gasteiger partial charge in [-0.05, 0) is 43.7 Å². The number of rotatable bonds is 3. The van der Waals surface area contributed by atoms with Crippen LogP contribution in [0.15, 0.2) is 54.7 Å². The minimum Gasteiger partial charge on any atom is -0.462 e. The van der Waals surface area contributed by atoms with Crippen LogP contribution in [0.5, 0.6) is 0 Å². The molecule has 0 amide bonds. The van der Waals surface area contributed by atoms with Gasteiger partial charge in [0, 0.05) is 6.20 Å². The van der Waals surface area contributed by atoms with E-state index in [-0.39, 0.29) is 5.97 Å². The number of nitrogens with zero attached hydrogens (tertiary/aromatic N) is 1. The number of esters is 1. The van der Waals surface area contributed by atoms with Crippen molar-refractivity contribution < 1.29 is 9.53 Å². The van der Waals surface area contributed by atoms with Gasteiger partial charge in [0.25, 0.3) is 0 Å². The Morgan fingerprint density at radius 3 is 2.76 bits per heavy atom. The number of aryl methyl sites for hydroxylation is 1. The molecule has 0 aliphatic rings. The largest absolute Gasteiger partial charge is 0.462 e. The summed E-state index contributed by atoms with van der Waals surface area (Å²) >= 11 is 0. The Morgan fingerprint density at radius 2 is 2.00 bits per heavy atom. The summed E-state index contributed by atoms with van der Waals surface area (Å²) in [5, 5.41) is 0. The molecule has 3 aromatic rings. The van der Waals surface area contributed by atoms with Crippen molar-refractivity contribution in [1.29, 1.82) is 0 Å². The predicted molar refractivity (Wildman–Crippen MR) is 83.5 cm³/mol. The quantitative estimate of drug-likeness (QED) is 0.676. The highest BCUT2D eigenvalue weighted by Crippen LogP contribution is 2.27. The maximum Gasteiger partial charge on any atom is 0.340 e. The molecule has 0 unspecified atom stereocenters. The van der Waals surface area contributed by atoms with Gasteiger partial charge >= 0.3 is 5.97 Å². The summed E-state index contributed by atoms with van der Waals surface area (Å²) in [6.07, 6.45) is 1.97. The lowest BCUT2D eigenvalue weighted by molar-refractivity contribution is 0.0529. The van der Waals surface area contributed by atoms with Crippen molar-refractivity contribution in [2.75, 3.05) is 6.61 Å². The van der Waals surface area contributed by atoms with E-state index in [1.165, 1.54) is 5.56 Å². The molecule has 2 aromatic heterocycles. The van der Waals surface area contributed by atoms with Crippen LogP contribution in [-0.2, 0) is 4.74 Å². The zero-order chi connectivity index (χ0) is 14.8. The summed E-state index contributed by atoms with van der Waals surface area (Å²) < 4.78 is 7.19. The van der Waals surface area contributed by atoms with Crippen LogP contribution in [0.3, 0.4) is 0 Å². The maximum atomic E-state index is 12.1. The van der Waals surface area contributed by atoms with Gasteiger partial charge in [-0.3, -0.25) is 0 Å². The van der Waals surface area contributed by atoms with Crippen LogP contribution >= 0.6 is 0 Å². The van der Waals surface area contributed by atoms with Gasteiger partial charge in [0.15, 0.2) is 0 Å². The molecule has 0 aliphatic heterocycles. The van der Waals surface area contributed by atoms with Gasteiger partial charge in [0.05, 0.1) is 23.4 Å². The lowest BCUT2D eigenvalue weighted by Crippen LogP contribution is -2.03.